The molecule has 0 aromatic rings. The Morgan fingerprint density at radius 2 is 2.00 bits per heavy atom. The van der Waals surface area contributed by atoms with E-state index in [9.17, 15) is 4.79 Å². The van der Waals surface area contributed by atoms with Gasteiger partial charge >= 0.3 is 0 Å². The minimum absolute atomic E-state index is 0.0117. The topological polar surface area (TPSA) is 23.6 Å². The first-order valence-electron chi connectivity index (χ1n) is 5.44. The molecule has 2 fully saturated rings. The number of rotatable bonds is 1. The van der Waals surface area contributed by atoms with Crippen molar-refractivity contribution in [3.8, 4) is 0 Å². The van der Waals surface area contributed by atoms with Gasteiger partial charge in [-0.25, -0.2) is 0 Å². The molecule has 2 aliphatic rings. The van der Waals surface area contributed by atoms with Crippen LogP contribution in [0.1, 0.15) is 13.8 Å². The van der Waals surface area contributed by atoms with E-state index in [0.29, 0.717) is 0 Å². The van der Waals surface area contributed by atoms with E-state index in [1.807, 2.05) is 14.0 Å². The molecule has 0 saturated carbocycles. The molecular formula is C10H16N2OS4. The first-order valence-corrected chi connectivity index (χ1v) is 8.23. The van der Waals surface area contributed by atoms with Crippen LogP contribution in [0, 0.1) is 0 Å². The molecule has 2 aliphatic heterocycles. The highest BCUT2D eigenvalue weighted by molar-refractivity contribution is 8.14. The van der Waals surface area contributed by atoms with Crippen molar-refractivity contribution in [1.82, 2.24) is 9.80 Å². The SMILES string of the molecule is CCN1C(S)SC(=C2SC(C)C(=O)N2C)C1S. The van der Waals surface area contributed by atoms with Crippen molar-refractivity contribution in [2.75, 3.05) is 13.6 Å². The van der Waals surface area contributed by atoms with Gasteiger partial charge in [0.15, 0.2) is 0 Å². The lowest BCUT2D eigenvalue weighted by atomic mass is 10.4. The van der Waals surface area contributed by atoms with Crippen LogP contribution >= 0.6 is 48.8 Å². The lowest BCUT2D eigenvalue weighted by molar-refractivity contribution is -0.126. The van der Waals surface area contributed by atoms with Gasteiger partial charge in [-0.2, -0.15) is 12.6 Å². The predicted molar refractivity (Wildman–Crippen MR) is 82.4 cm³/mol. The van der Waals surface area contributed by atoms with Crippen molar-refractivity contribution in [2.45, 2.75) is 29.2 Å². The van der Waals surface area contributed by atoms with Gasteiger partial charge in [0, 0.05) is 12.0 Å². The minimum atomic E-state index is 0.0117. The fourth-order valence-corrected chi connectivity index (χ4v) is 5.90. The summed E-state index contributed by atoms with van der Waals surface area (Å²) in [6.45, 7) is 4.95. The molecule has 0 radical (unpaired) electrons. The van der Waals surface area contributed by atoms with E-state index in [4.69, 9.17) is 0 Å². The summed E-state index contributed by atoms with van der Waals surface area (Å²) < 4.78 is 0.130. The number of likely N-dealkylation sites (N-methyl/N-ethyl adjacent to an activating group) is 1. The molecule has 2 rings (SSSR count). The zero-order valence-corrected chi connectivity index (χ0v) is 13.4. The van der Waals surface area contributed by atoms with E-state index >= 15 is 0 Å². The molecular weight excluding hydrogens is 292 g/mol. The van der Waals surface area contributed by atoms with Crippen LogP contribution in [0.3, 0.4) is 0 Å². The summed E-state index contributed by atoms with van der Waals surface area (Å²) in [7, 11) is 1.84. The van der Waals surface area contributed by atoms with Gasteiger partial charge in [-0.1, -0.05) is 30.4 Å². The largest absolute Gasteiger partial charge is 0.308 e. The van der Waals surface area contributed by atoms with Crippen LogP contribution in [0.4, 0.5) is 0 Å². The second kappa shape index (κ2) is 5.28. The minimum Gasteiger partial charge on any atom is -0.308 e. The van der Waals surface area contributed by atoms with Crippen LogP contribution in [0.2, 0.25) is 0 Å². The number of nitrogens with zero attached hydrogens (tertiary/aromatic N) is 2. The fraction of sp³-hybridized carbons (Fsp3) is 0.700. The molecule has 0 aliphatic carbocycles. The third-order valence-electron chi connectivity index (χ3n) is 2.91. The standard InChI is InChI=1S/C10H16N2OS4/c1-4-12-8(14)6(17-10(12)15)9-11(3)7(13)5(2)16-9/h5,8,10,14-15H,4H2,1-3H3. The Kier molecular flexibility index (Phi) is 4.35. The van der Waals surface area contributed by atoms with Crippen LogP contribution in [0.25, 0.3) is 0 Å². The Bertz CT molecular complexity index is 373. The third kappa shape index (κ3) is 2.36. The molecule has 1 amide bonds. The highest BCUT2D eigenvalue weighted by Gasteiger charge is 2.40. The number of carbonyl (C=O) groups excluding carboxylic acids is 1. The molecule has 96 valence electrons. The van der Waals surface area contributed by atoms with E-state index in [1.165, 1.54) is 0 Å². The van der Waals surface area contributed by atoms with E-state index in [1.54, 1.807) is 28.4 Å². The molecule has 0 bridgehead atoms. The molecule has 0 N–H and O–H groups in total. The van der Waals surface area contributed by atoms with Gasteiger partial charge in [0.25, 0.3) is 0 Å². The lowest BCUT2D eigenvalue weighted by Gasteiger charge is -2.21. The second-order valence-electron chi connectivity index (χ2n) is 3.97. The van der Waals surface area contributed by atoms with E-state index in [-0.39, 0.29) is 21.2 Å². The molecule has 3 nitrogen and oxygen atoms in total. The Morgan fingerprint density at radius 3 is 2.41 bits per heavy atom. The molecule has 3 atom stereocenters. The van der Waals surface area contributed by atoms with Crippen LogP contribution in [0.15, 0.2) is 9.93 Å². The smallest absolute Gasteiger partial charge is 0.240 e. The maximum atomic E-state index is 11.8. The zero-order chi connectivity index (χ0) is 12.7. The number of carbonyl (C=O) groups is 1. The van der Waals surface area contributed by atoms with Crippen molar-refractivity contribution >= 4 is 54.7 Å². The Morgan fingerprint density at radius 1 is 1.35 bits per heavy atom. The molecule has 2 heterocycles. The molecule has 7 heteroatoms. The Hall–Kier alpha value is 0.570. The summed E-state index contributed by atoms with van der Waals surface area (Å²) in [5.41, 5.74) is 0. The monoisotopic (exact) mass is 308 g/mol. The van der Waals surface area contributed by atoms with Crippen LogP contribution in [-0.4, -0.2) is 44.6 Å². The van der Waals surface area contributed by atoms with Crippen LogP contribution in [0.5, 0.6) is 0 Å². The van der Waals surface area contributed by atoms with Gasteiger partial charge in [-0.05, 0) is 13.5 Å². The predicted octanol–water partition coefficient (Wildman–Crippen LogP) is 2.29. The highest BCUT2D eigenvalue weighted by atomic mass is 32.2. The van der Waals surface area contributed by atoms with Crippen LogP contribution in [-0.2, 0) is 4.79 Å². The Balaban J connectivity index is 2.31. The first kappa shape index (κ1) is 14.0. The summed E-state index contributed by atoms with van der Waals surface area (Å²) in [6.07, 6.45) is 0. The van der Waals surface area contributed by atoms with Crippen molar-refractivity contribution in [1.29, 1.82) is 0 Å². The van der Waals surface area contributed by atoms with Crippen molar-refractivity contribution in [3.05, 3.63) is 9.93 Å². The number of hydrogen-bond acceptors (Lipinski definition) is 6. The van der Waals surface area contributed by atoms with Gasteiger partial charge in [0.2, 0.25) is 5.91 Å². The summed E-state index contributed by atoms with van der Waals surface area (Å²) in [5.74, 6) is 0.171. The van der Waals surface area contributed by atoms with Gasteiger partial charge in [0.05, 0.1) is 15.7 Å². The number of hydrogen-bond donors (Lipinski definition) is 2. The number of amides is 1. The number of thioether (sulfide) groups is 2. The highest BCUT2D eigenvalue weighted by Crippen LogP contribution is 2.49. The maximum absolute atomic E-state index is 11.8. The zero-order valence-electron chi connectivity index (χ0n) is 9.95. The van der Waals surface area contributed by atoms with Gasteiger partial charge < -0.3 is 4.90 Å². The summed E-state index contributed by atoms with van der Waals surface area (Å²) in [6, 6.07) is 0. The van der Waals surface area contributed by atoms with Crippen molar-refractivity contribution < 1.29 is 4.79 Å². The second-order valence-corrected chi connectivity index (χ2v) is 7.75. The Labute approximate surface area is 122 Å². The third-order valence-corrected chi connectivity index (χ3v) is 6.81. The van der Waals surface area contributed by atoms with Gasteiger partial charge in [0.1, 0.15) is 4.71 Å². The average Bonchev–Trinajstić information content (AvgIpc) is 2.71. The molecule has 3 unspecified atom stereocenters. The van der Waals surface area contributed by atoms with Gasteiger partial charge in [-0.3, -0.25) is 9.69 Å². The van der Waals surface area contributed by atoms with E-state index in [0.717, 1.165) is 16.5 Å². The summed E-state index contributed by atoms with van der Waals surface area (Å²) >= 11 is 12.5. The van der Waals surface area contributed by atoms with Gasteiger partial charge in [-0.15, -0.1) is 12.6 Å². The fourth-order valence-electron chi connectivity index (χ4n) is 1.90. The molecule has 0 spiro atoms. The summed E-state index contributed by atoms with van der Waals surface area (Å²) in [5, 5.41) is 1.11. The van der Waals surface area contributed by atoms with Crippen molar-refractivity contribution in [3.63, 3.8) is 0 Å². The first-order chi connectivity index (χ1) is 7.97. The van der Waals surface area contributed by atoms with Crippen LogP contribution < -0.4 is 0 Å². The lowest BCUT2D eigenvalue weighted by Crippen LogP contribution is -2.30. The summed E-state index contributed by atoms with van der Waals surface area (Å²) in [4.78, 5) is 16.9. The average molecular weight is 309 g/mol. The number of thiol groups is 2. The molecule has 2 saturated heterocycles. The molecule has 17 heavy (non-hydrogen) atoms. The molecule has 0 aromatic carbocycles. The molecule has 0 aromatic heterocycles. The quantitative estimate of drug-likeness (QED) is 0.726. The van der Waals surface area contributed by atoms with E-state index in [2.05, 4.69) is 37.1 Å². The normalized spacial score (nSPS) is 39.5. The van der Waals surface area contributed by atoms with Crippen molar-refractivity contribution in [2.24, 2.45) is 0 Å². The van der Waals surface area contributed by atoms with E-state index < -0.39 is 0 Å². The maximum Gasteiger partial charge on any atom is 0.240 e.